The highest BCUT2D eigenvalue weighted by Gasteiger charge is 2.42. The number of amides is 1. The van der Waals surface area contributed by atoms with Crippen LogP contribution in [0.25, 0.3) is 0 Å². The molecule has 0 aliphatic carbocycles. The third-order valence-corrected chi connectivity index (χ3v) is 5.48. The summed E-state index contributed by atoms with van der Waals surface area (Å²) in [6.07, 6.45) is 0. The molecular weight excluding hydrogens is 362 g/mol. The first kappa shape index (κ1) is 18.9. The number of benzene rings is 3. The van der Waals surface area contributed by atoms with Crippen molar-refractivity contribution in [3.8, 4) is 5.75 Å². The molecule has 0 bridgehead atoms. The first-order chi connectivity index (χ1) is 13.9. The van der Waals surface area contributed by atoms with Crippen molar-refractivity contribution in [3.63, 3.8) is 0 Å². The van der Waals surface area contributed by atoms with Gasteiger partial charge in [-0.25, -0.2) is 0 Å². The highest BCUT2D eigenvalue weighted by atomic mass is 16.3. The maximum Gasteiger partial charge on any atom is 0.259 e. The Balaban J connectivity index is 1.86. The van der Waals surface area contributed by atoms with Gasteiger partial charge in [0.2, 0.25) is 0 Å². The van der Waals surface area contributed by atoms with Gasteiger partial charge in [0.15, 0.2) is 5.78 Å². The standard InChI is InChI=1S/C25H23NO3/c1-15(2)17-10-13-22(27)21(14-17)24(28)23-19-6-4-5-7-20(19)25(29)26(23)18-11-8-16(3)9-12-18/h4-15,23,27H,1-3H3/t23-/m0/s1. The van der Waals surface area contributed by atoms with Gasteiger partial charge in [-0.2, -0.15) is 0 Å². The Morgan fingerprint density at radius 3 is 2.38 bits per heavy atom. The van der Waals surface area contributed by atoms with Crippen molar-refractivity contribution in [2.24, 2.45) is 0 Å². The molecule has 146 valence electrons. The van der Waals surface area contributed by atoms with Crippen LogP contribution in [0, 0.1) is 6.92 Å². The van der Waals surface area contributed by atoms with E-state index in [-0.39, 0.29) is 28.9 Å². The summed E-state index contributed by atoms with van der Waals surface area (Å²) in [5, 5.41) is 10.4. The Labute approximate surface area is 170 Å². The van der Waals surface area contributed by atoms with Crippen molar-refractivity contribution in [3.05, 3.63) is 94.5 Å². The topological polar surface area (TPSA) is 57.6 Å². The molecule has 3 aromatic carbocycles. The summed E-state index contributed by atoms with van der Waals surface area (Å²) in [6.45, 7) is 6.05. The Morgan fingerprint density at radius 1 is 1.00 bits per heavy atom. The normalized spacial score (nSPS) is 15.7. The summed E-state index contributed by atoms with van der Waals surface area (Å²) >= 11 is 0. The van der Waals surface area contributed by atoms with E-state index in [0.29, 0.717) is 16.8 Å². The molecule has 4 rings (SSSR count). The number of carbonyl (C=O) groups is 2. The average molecular weight is 385 g/mol. The lowest BCUT2D eigenvalue weighted by molar-refractivity contribution is 0.0914. The van der Waals surface area contributed by atoms with E-state index >= 15 is 0 Å². The molecule has 4 heteroatoms. The number of aromatic hydroxyl groups is 1. The molecule has 0 radical (unpaired) electrons. The first-order valence-corrected chi connectivity index (χ1v) is 9.74. The van der Waals surface area contributed by atoms with Crippen LogP contribution >= 0.6 is 0 Å². The highest BCUT2D eigenvalue weighted by Crippen LogP contribution is 2.40. The third-order valence-electron chi connectivity index (χ3n) is 5.48. The number of fused-ring (bicyclic) bond motifs is 1. The summed E-state index contributed by atoms with van der Waals surface area (Å²) < 4.78 is 0. The van der Waals surface area contributed by atoms with Crippen molar-refractivity contribution >= 4 is 17.4 Å². The molecule has 0 unspecified atom stereocenters. The van der Waals surface area contributed by atoms with Crippen molar-refractivity contribution < 1.29 is 14.7 Å². The molecule has 3 aromatic rings. The van der Waals surface area contributed by atoms with Gasteiger partial charge in [0.25, 0.3) is 5.91 Å². The zero-order valence-corrected chi connectivity index (χ0v) is 16.7. The van der Waals surface area contributed by atoms with E-state index in [1.54, 1.807) is 24.3 Å². The number of Topliss-reactive ketones (excluding diaryl/α,β-unsaturated/α-hetero) is 1. The zero-order valence-electron chi connectivity index (χ0n) is 16.7. The number of nitrogens with zero attached hydrogens (tertiary/aromatic N) is 1. The molecule has 1 aliphatic rings. The molecular formula is C25H23NO3. The molecule has 0 saturated carbocycles. The van der Waals surface area contributed by atoms with E-state index in [4.69, 9.17) is 0 Å². The van der Waals surface area contributed by atoms with Crippen molar-refractivity contribution in [1.82, 2.24) is 0 Å². The predicted octanol–water partition coefficient (Wildman–Crippen LogP) is 5.41. The zero-order chi connectivity index (χ0) is 20.7. The number of phenolic OH excluding ortho intramolecular Hbond substituents is 1. The lowest BCUT2D eigenvalue weighted by Crippen LogP contribution is -2.32. The van der Waals surface area contributed by atoms with Crippen LogP contribution < -0.4 is 4.90 Å². The second-order valence-corrected chi connectivity index (χ2v) is 7.80. The van der Waals surface area contributed by atoms with Gasteiger partial charge in [-0.3, -0.25) is 14.5 Å². The number of aryl methyl sites for hydroxylation is 1. The van der Waals surface area contributed by atoms with E-state index in [1.165, 1.54) is 4.90 Å². The molecule has 1 N–H and O–H groups in total. The number of ketones is 1. The minimum atomic E-state index is -0.810. The summed E-state index contributed by atoms with van der Waals surface area (Å²) in [5.41, 5.74) is 4.12. The first-order valence-electron chi connectivity index (χ1n) is 9.74. The molecule has 0 aromatic heterocycles. The molecule has 1 amide bonds. The molecule has 4 nitrogen and oxygen atoms in total. The summed E-state index contributed by atoms with van der Waals surface area (Å²) in [7, 11) is 0. The molecule has 29 heavy (non-hydrogen) atoms. The SMILES string of the molecule is Cc1ccc(N2C(=O)c3ccccc3[C@H]2C(=O)c2cc(C(C)C)ccc2O)cc1. The maximum absolute atomic E-state index is 13.6. The van der Waals surface area contributed by atoms with Crippen molar-refractivity contribution in [2.45, 2.75) is 32.7 Å². The molecule has 0 fully saturated rings. The number of hydrogen-bond donors (Lipinski definition) is 1. The van der Waals surface area contributed by atoms with Gasteiger partial charge in [0, 0.05) is 11.3 Å². The lowest BCUT2D eigenvalue weighted by Gasteiger charge is -2.25. The minimum absolute atomic E-state index is 0.0694. The van der Waals surface area contributed by atoms with Gasteiger partial charge in [-0.15, -0.1) is 0 Å². The van der Waals surface area contributed by atoms with Crippen LogP contribution in [0.4, 0.5) is 5.69 Å². The average Bonchev–Trinajstić information content (AvgIpc) is 3.01. The number of rotatable bonds is 4. The minimum Gasteiger partial charge on any atom is -0.507 e. The Morgan fingerprint density at radius 2 is 1.69 bits per heavy atom. The fourth-order valence-electron chi connectivity index (χ4n) is 3.80. The van der Waals surface area contributed by atoms with Crippen LogP contribution in [0.5, 0.6) is 5.75 Å². The third kappa shape index (κ3) is 3.21. The monoisotopic (exact) mass is 385 g/mol. The lowest BCUT2D eigenvalue weighted by atomic mass is 9.93. The Bertz CT molecular complexity index is 1100. The van der Waals surface area contributed by atoms with E-state index in [1.807, 2.05) is 63.2 Å². The Kier molecular flexibility index (Phi) is 4.71. The van der Waals surface area contributed by atoms with Crippen LogP contribution in [-0.2, 0) is 0 Å². The predicted molar refractivity (Wildman–Crippen MR) is 114 cm³/mol. The quantitative estimate of drug-likeness (QED) is 0.611. The summed E-state index contributed by atoms with van der Waals surface area (Å²) in [6, 6.07) is 19.0. The number of hydrogen-bond acceptors (Lipinski definition) is 3. The van der Waals surface area contributed by atoms with Gasteiger partial charge in [0.1, 0.15) is 11.8 Å². The van der Waals surface area contributed by atoms with Crippen LogP contribution in [0.3, 0.4) is 0 Å². The van der Waals surface area contributed by atoms with Gasteiger partial charge in [-0.05, 0) is 54.3 Å². The number of anilines is 1. The van der Waals surface area contributed by atoms with Crippen molar-refractivity contribution in [1.29, 1.82) is 0 Å². The van der Waals surface area contributed by atoms with E-state index in [2.05, 4.69) is 0 Å². The molecule has 1 aliphatic heterocycles. The molecule has 0 saturated heterocycles. The van der Waals surface area contributed by atoms with E-state index in [9.17, 15) is 14.7 Å². The fourth-order valence-corrected chi connectivity index (χ4v) is 3.80. The van der Waals surface area contributed by atoms with Crippen LogP contribution in [0.2, 0.25) is 0 Å². The van der Waals surface area contributed by atoms with Gasteiger partial charge in [-0.1, -0.05) is 55.8 Å². The van der Waals surface area contributed by atoms with Gasteiger partial charge in [0.05, 0.1) is 5.56 Å². The largest absolute Gasteiger partial charge is 0.507 e. The van der Waals surface area contributed by atoms with Crippen LogP contribution in [0.1, 0.15) is 63.2 Å². The molecule has 0 spiro atoms. The second kappa shape index (κ2) is 7.21. The van der Waals surface area contributed by atoms with Crippen LogP contribution in [-0.4, -0.2) is 16.8 Å². The van der Waals surface area contributed by atoms with Gasteiger partial charge < -0.3 is 5.11 Å². The second-order valence-electron chi connectivity index (χ2n) is 7.80. The Hall–Kier alpha value is -3.40. The summed E-state index contributed by atoms with van der Waals surface area (Å²) in [4.78, 5) is 28.4. The summed E-state index contributed by atoms with van der Waals surface area (Å²) in [5.74, 6) is -0.348. The highest BCUT2D eigenvalue weighted by molar-refractivity contribution is 6.19. The fraction of sp³-hybridized carbons (Fsp3) is 0.200. The van der Waals surface area contributed by atoms with E-state index < -0.39 is 6.04 Å². The number of carbonyl (C=O) groups excluding carboxylic acids is 2. The van der Waals surface area contributed by atoms with Crippen LogP contribution in [0.15, 0.2) is 66.7 Å². The smallest absolute Gasteiger partial charge is 0.259 e. The van der Waals surface area contributed by atoms with E-state index in [0.717, 1.165) is 11.1 Å². The maximum atomic E-state index is 13.6. The van der Waals surface area contributed by atoms with Gasteiger partial charge >= 0.3 is 0 Å². The molecule has 1 atom stereocenters. The molecule has 1 heterocycles. The van der Waals surface area contributed by atoms with Crippen molar-refractivity contribution in [2.75, 3.05) is 4.90 Å². The number of phenols is 1.